The van der Waals surface area contributed by atoms with E-state index in [0.717, 1.165) is 0 Å². The van der Waals surface area contributed by atoms with E-state index in [1.54, 1.807) is 0 Å². The summed E-state index contributed by atoms with van der Waals surface area (Å²) in [5, 5.41) is 18.6. The van der Waals surface area contributed by atoms with Crippen LogP contribution in [0.25, 0.3) is 0 Å². The van der Waals surface area contributed by atoms with Crippen molar-refractivity contribution in [2.24, 2.45) is 0 Å². The van der Waals surface area contributed by atoms with E-state index in [1.807, 2.05) is 0 Å². The summed E-state index contributed by atoms with van der Waals surface area (Å²) < 4.78 is 0. The molecule has 0 spiro atoms. The number of carbonyl (C=O) groups is 1. The number of rotatable bonds is 4. The highest BCUT2D eigenvalue weighted by Crippen LogP contribution is 1.79. The van der Waals surface area contributed by atoms with Crippen LogP contribution in [0.15, 0.2) is 0 Å². The van der Waals surface area contributed by atoms with Gasteiger partial charge in [-0.2, -0.15) is 0 Å². The number of aliphatic hydroxyl groups is 2. The maximum absolute atomic E-state index is 9.51. The number of nitrogens with one attached hydrogen (secondary N) is 1. The summed E-state index contributed by atoms with van der Waals surface area (Å²) in [5.74, 6) is 0. The summed E-state index contributed by atoms with van der Waals surface area (Å²) >= 11 is 0. The molecule has 0 radical (unpaired) electrons. The Labute approximate surface area is 47.1 Å². The van der Waals surface area contributed by atoms with Crippen LogP contribution >= 0.6 is 0 Å². The van der Waals surface area contributed by atoms with Crippen molar-refractivity contribution >= 4 is 6.41 Å². The zero-order valence-electron chi connectivity index (χ0n) is 4.37. The van der Waals surface area contributed by atoms with Crippen molar-refractivity contribution in [3.8, 4) is 0 Å². The maximum atomic E-state index is 9.51. The van der Waals surface area contributed by atoms with Gasteiger partial charge in [0.05, 0.1) is 0 Å². The molecule has 0 bridgehead atoms. The Hall–Kier alpha value is -0.610. The Bertz CT molecular complexity index is 64.3. The van der Waals surface area contributed by atoms with E-state index in [0.29, 0.717) is 13.0 Å². The van der Waals surface area contributed by atoms with Crippen molar-refractivity contribution in [1.82, 2.24) is 5.32 Å². The summed E-state index contributed by atoms with van der Waals surface area (Å²) in [6.07, 6.45) is -0.622. The zero-order chi connectivity index (χ0) is 6.41. The molecule has 0 aromatic rings. The van der Waals surface area contributed by atoms with E-state index in [-0.39, 0.29) is 6.42 Å². The third-order valence-corrected chi connectivity index (χ3v) is 0.630. The molecule has 0 unspecified atom stereocenters. The minimum Gasteiger partial charge on any atom is -0.368 e. The van der Waals surface area contributed by atoms with Gasteiger partial charge in [0.2, 0.25) is 6.41 Å². The molecule has 0 saturated carbocycles. The van der Waals surface area contributed by atoms with E-state index in [4.69, 9.17) is 10.2 Å². The lowest BCUT2D eigenvalue weighted by molar-refractivity contribution is -0.109. The summed E-state index contributed by atoms with van der Waals surface area (Å²) in [7, 11) is 0. The fraction of sp³-hybridized carbons (Fsp3) is 0.750. The van der Waals surface area contributed by atoms with Gasteiger partial charge in [-0.15, -0.1) is 0 Å². The second-order valence-electron chi connectivity index (χ2n) is 1.34. The highest BCUT2D eigenvalue weighted by molar-refractivity contribution is 5.45. The fourth-order valence-electron chi connectivity index (χ4n) is 0.271. The van der Waals surface area contributed by atoms with Gasteiger partial charge in [-0.25, -0.2) is 0 Å². The molecule has 0 aliphatic carbocycles. The smallest absolute Gasteiger partial charge is 0.207 e. The van der Waals surface area contributed by atoms with Crippen molar-refractivity contribution < 1.29 is 15.0 Å². The van der Waals surface area contributed by atoms with Crippen molar-refractivity contribution in [3.63, 3.8) is 0 Å². The normalized spacial score (nSPS) is 9.38. The molecule has 0 saturated heterocycles. The van der Waals surface area contributed by atoms with Gasteiger partial charge >= 0.3 is 0 Å². The lowest BCUT2D eigenvalue weighted by Gasteiger charge is -1.99. The molecule has 1 amide bonds. The summed E-state index contributed by atoms with van der Waals surface area (Å²) in [6.45, 7) is 0.307. The first-order valence-corrected chi connectivity index (χ1v) is 2.30. The maximum Gasteiger partial charge on any atom is 0.207 e. The predicted octanol–water partition coefficient (Wildman–Crippen LogP) is -1.57. The molecule has 48 valence electrons. The van der Waals surface area contributed by atoms with E-state index < -0.39 is 6.29 Å². The first-order chi connectivity index (χ1) is 3.77. The van der Waals surface area contributed by atoms with Crippen LogP contribution in [0.5, 0.6) is 0 Å². The van der Waals surface area contributed by atoms with Crippen LogP contribution in [0.2, 0.25) is 0 Å². The Morgan fingerprint density at radius 3 is 2.62 bits per heavy atom. The summed E-state index contributed by atoms with van der Waals surface area (Å²) in [6, 6.07) is 0. The summed E-state index contributed by atoms with van der Waals surface area (Å²) in [5.41, 5.74) is 0. The first-order valence-electron chi connectivity index (χ1n) is 2.30. The zero-order valence-corrected chi connectivity index (χ0v) is 4.37. The van der Waals surface area contributed by atoms with E-state index >= 15 is 0 Å². The van der Waals surface area contributed by atoms with E-state index in [2.05, 4.69) is 5.32 Å². The predicted molar refractivity (Wildman–Crippen MR) is 26.9 cm³/mol. The van der Waals surface area contributed by atoms with Crippen LogP contribution in [0.3, 0.4) is 0 Å². The lowest BCUT2D eigenvalue weighted by atomic mass is 10.4. The Kier molecular flexibility index (Phi) is 4.20. The molecule has 0 aliphatic heterocycles. The minimum atomic E-state index is -1.32. The molecular formula is C4H9NO3. The highest BCUT2D eigenvalue weighted by Gasteiger charge is 1.92. The van der Waals surface area contributed by atoms with Gasteiger partial charge in [-0.1, -0.05) is 0 Å². The van der Waals surface area contributed by atoms with Gasteiger partial charge < -0.3 is 15.5 Å². The quantitative estimate of drug-likeness (QED) is 0.238. The largest absolute Gasteiger partial charge is 0.368 e. The number of aliphatic hydroxyl groups excluding tert-OH is 1. The molecular weight excluding hydrogens is 110 g/mol. The first kappa shape index (κ1) is 7.39. The molecule has 3 N–H and O–H groups in total. The average molecular weight is 119 g/mol. The van der Waals surface area contributed by atoms with E-state index in [9.17, 15) is 4.79 Å². The molecule has 0 aromatic heterocycles. The van der Waals surface area contributed by atoms with Gasteiger partial charge in [-0.3, -0.25) is 4.79 Å². The monoisotopic (exact) mass is 119 g/mol. The molecule has 0 atom stereocenters. The Morgan fingerprint density at radius 2 is 2.25 bits per heavy atom. The summed E-state index contributed by atoms with van der Waals surface area (Å²) in [4.78, 5) is 9.51. The molecule has 8 heavy (non-hydrogen) atoms. The molecule has 4 heteroatoms. The van der Waals surface area contributed by atoms with Crippen LogP contribution in [0.4, 0.5) is 0 Å². The molecule has 0 fully saturated rings. The van der Waals surface area contributed by atoms with Gasteiger partial charge in [0.1, 0.15) is 0 Å². The average Bonchev–Trinajstić information content (AvgIpc) is 1.66. The second kappa shape index (κ2) is 4.55. The van der Waals surface area contributed by atoms with Crippen LogP contribution in [0, 0.1) is 0 Å². The van der Waals surface area contributed by atoms with Crippen LogP contribution in [-0.2, 0) is 4.79 Å². The van der Waals surface area contributed by atoms with Gasteiger partial charge in [-0.05, 0) is 0 Å². The fourth-order valence-corrected chi connectivity index (χ4v) is 0.271. The minimum absolute atomic E-state index is 0.179. The SMILES string of the molecule is O=CNCCC(O)O. The molecule has 0 heterocycles. The number of hydrogen-bond acceptors (Lipinski definition) is 3. The molecule has 4 nitrogen and oxygen atoms in total. The van der Waals surface area contributed by atoms with Crippen LogP contribution in [0.1, 0.15) is 6.42 Å². The second-order valence-corrected chi connectivity index (χ2v) is 1.34. The Morgan fingerprint density at radius 1 is 1.62 bits per heavy atom. The Balaban J connectivity index is 2.81. The molecule has 0 aromatic carbocycles. The van der Waals surface area contributed by atoms with Crippen molar-refractivity contribution in [1.29, 1.82) is 0 Å². The highest BCUT2D eigenvalue weighted by atomic mass is 16.5. The van der Waals surface area contributed by atoms with Crippen molar-refractivity contribution in [2.45, 2.75) is 12.7 Å². The van der Waals surface area contributed by atoms with Gasteiger partial charge in [0.15, 0.2) is 6.29 Å². The third kappa shape index (κ3) is 5.39. The lowest BCUT2D eigenvalue weighted by Crippen LogP contribution is -2.18. The number of carbonyl (C=O) groups excluding carboxylic acids is 1. The van der Waals surface area contributed by atoms with Crippen LogP contribution in [-0.4, -0.2) is 29.5 Å². The third-order valence-electron chi connectivity index (χ3n) is 0.630. The molecule has 0 rings (SSSR count). The van der Waals surface area contributed by atoms with Crippen LogP contribution < -0.4 is 5.32 Å². The van der Waals surface area contributed by atoms with Crippen molar-refractivity contribution in [3.05, 3.63) is 0 Å². The van der Waals surface area contributed by atoms with E-state index in [1.165, 1.54) is 0 Å². The number of hydrogen-bond donors (Lipinski definition) is 3. The van der Waals surface area contributed by atoms with Gasteiger partial charge in [0.25, 0.3) is 0 Å². The standard InChI is InChI=1S/C4H9NO3/c6-3-5-2-1-4(7)8/h3-4,7-8H,1-2H2,(H,5,6). The topological polar surface area (TPSA) is 69.6 Å². The number of amides is 1. The van der Waals surface area contributed by atoms with Crippen molar-refractivity contribution in [2.75, 3.05) is 6.54 Å². The van der Waals surface area contributed by atoms with Gasteiger partial charge in [0, 0.05) is 13.0 Å². The molecule has 0 aliphatic rings.